The average molecular weight is 617 g/mol. The van der Waals surface area contributed by atoms with Gasteiger partial charge in [-0.2, -0.15) is 0 Å². The van der Waals surface area contributed by atoms with Crippen LogP contribution in [0, 0.1) is 12.7 Å². The number of rotatable bonds is 12. The van der Waals surface area contributed by atoms with Gasteiger partial charge >= 0.3 is 0 Å². The topological polar surface area (TPSA) is 130 Å². The van der Waals surface area contributed by atoms with Crippen LogP contribution < -0.4 is 9.47 Å². The maximum absolute atomic E-state index is 14.5. The molecule has 0 aliphatic rings. The summed E-state index contributed by atoms with van der Waals surface area (Å²) < 4.78 is 61.3. The first-order valence-corrected chi connectivity index (χ1v) is 18.9. The Balaban J connectivity index is 1.96. The number of methoxy groups -OCH3 is 2. The fourth-order valence-corrected chi connectivity index (χ4v) is 8.01. The van der Waals surface area contributed by atoms with Gasteiger partial charge in [-0.25, -0.2) is 12.8 Å². The normalized spacial score (nSPS) is 14.4. The zero-order valence-electron chi connectivity index (χ0n) is 24.8. The Kier molecular flexibility index (Phi) is 9.23. The van der Waals surface area contributed by atoms with Crippen LogP contribution in [0.2, 0.25) is 25.7 Å². The molecule has 3 atom stereocenters. The fourth-order valence-electron chi connectivity index (χ4n) is 4.74. The lowest BCUT2D eigenvalue weighted by molar-refractivity contribution is 0.170. The predicted octanol–water partition coefficient (Wildman–Crippen LogP) is 5.69. The third-order valence-corrected chi connectivity index (χ3v) is 11.5. The minimum absolute atomic E-state index is 0.0519. The first-order valence-electron chi connectivity index (χ1n) is 13.5. The molecule has 3 aromatic heterocycles. The van der Waals surface area contributed by atoms with Crippen LogP contribution >= 0.6 is 0 Å². The van der Waals surface area contributed by atoms with Crippen LogP contribution in [0.15, 0.2) is 53.1 Å². The Morgan fingerprint density at radius 2 is 1.71 bits per heavy atom. The Hall–Kier alpha value is -3.55. The van der Waals surface area contributed by atoms with Crippen molar-refractivity contribution in [2.45, 2.75) is 62.6 Å². The van der Waals surface area contributed by atoms with Crippen molar-refractivity contribution < 1.29 is 31.8 Å². The van der Waals surface area contributed by atoms with Gasteiger partial charge in [0.2, 0.25) is 5.82 Å². The number of ether oxygens (including phenoxy) is 2. The van der Waals surface area contributed by atoms with Crippen LogP contribution in [-0.4, -0.2) is 60.8 Å². The van der Waals surface area contributed by atoms with Gasteiger partial charge in [-0.05, 0) is 56.7 Å². The number of hydrogen-bond acceptors (Lipinski definition) is 9. The van der Waals surface area contributed by atoms with Gasteiger partial charge in [0.05, 0.1) is 31.4 Å². The highest BCUT2D eigenvalue weighted by Gasteiger charge is 2.42. The van der Waals surface area contributed by atoms with E-state index in [-0.39, 0.29) is 23.8 Å². The summed E-state index contributed by atoms with van der Waals surface area (Å²) in [6.07, 6.45) is -0.323. The third-order valence-electron chi connectivity index (χ3n) is 7.13. The van der Waals surface area contributed by atoms with E-state index in [1.54, 1.807) is 41.8 Å². The molecule has 13 heteroatoms. The molecule has 4 rings (SSSR count). The number of furan rings is 1. The SMILES string of the molecule is COc1cccc(OC)c1-n1c(-c2ccc(C)o2)nnc1C(CC[Si](C)(C)C)S(=O)(=O)[C@H](C)[C@@H](O)c1ccc(F)cn1. The van der Waals surface area contributed by atoms with Crippen molar-refractivity contribution in [3.8, 4) is 28.8 Å². The zero-order chi connectivity index (χ0) is 30.8. The predicted molar refractivity (Wildman–Crippen MR) is 160 cm³/mol. The molecule has 1 unspecified atom stereocenters. The van der Waals surface area contributed by atoms with Gasteiger partial charge in [0, 0.05) is 8.07 Å². The molecular weight excluding hydrogens is 579 g/mol. The number of aryl methyl sites for hydroxylation is 1. The lowest BCUT2D eigenvalue weighted by Crippen LogP contribution is -2.33. The number of para-hydroxylation sites is 1. The molecule has 4 aromatic rings. The van der Waals surface area contributed by atoms with Gasteiger partial charge < -0.3 is 19.0 Å². The minimum atomic E-state index is -4.16. The number of aliphatic hydroxyl groups is 1. The molecule has 0 spiro atoms. The maximum atomic E-state index is 14.5. The van der Waals surface area contributed by atoms with E-state index in [1.807, 2.05) is 0 Å². The molecule has 0 bridgehead atoms. The number of benzene rings is 1. The number of sulfone groups is 1. The van der Waals surface area contributed by atoms with Crippen LogP contribution in [0.5, 0.6) is 11.5 Å². The van der Waals surface area contributed by atoms with E-state index in [1.165, 1.54) is 27.2 Å². The minimum Gasteiger partial charge on any atom is -0.494 e. The Morgan fingerprint density at radius 1 is 1.05 bits per heavy atom. The maximum Gasteiger partial charge on any atom is 0.204 e. The summed E-state index contributed by atoms with van der Waals surface area (Å²) in [6, 6.07) is 11.8. The van der Waals surface area contributed by atoms with Crippen LogP contribution in [0.3, 0.4) is 0 Å². The van der Waals surface area contributed by atoms with Crippen molar-refractivity contribution in [2.24, 2.45) is 0 Å². The largest absolute Gasteiger partial charge is 0.494 e. The van der Waals surface area contributed by atoms with E-state index in [0.717, 1.165) is 12.3 Å². The van der Waals surface area contributed by atoms with E-state index in [0.29, 0.717) is 34.8 Å². The standard InChI is InChI=1S/C29H37FN4O6SSi/c1-18-11-14-24(40-18)28-32-33-29(34(28)26-22(38-3)9-8-10-23(26)39-4)25(15-16-42(5,6)7)41(36,37)19(2)27(35)21-13-12-20(30)17-31-21/h8-14,17,19,25,27,35H,15-16H2,1-7H3/t19-,25?,27-/m1/s1. The monoisotopic (exact) mass is 616 g/mol. The smallest absolute Gasteiger partial charge is 0.204 e. The van der Waals surface area contributed by atoms with Crippen molar-refractivity contribution in [3.05, 3.63) is 71.8 Å². The van der Waals surface area contributed by atoms with E-state index in [9.17, 15) is 17.9 Å². The van der Waals surface area contributed by atoms with Crippen LogP contribution in [0.1, 0.15) is 42.0 Å². The van der Waals surface area contributed by atoms with Crippen molar-refractivity contribution >= 4 is 17.9 Å². The van der Waals surface area contributed by atoms with Crippen molar-refractivity contribution in [1.29, 1.82) is 0 Å². The first-order chi connectivity index (χ1) is 19.8. The van der Waals surface area contributed by atoms with E-state index >= 15 is 0 Å². The molecule has 10 nitrogen and oxygen atoms in total. The van der Waals surface area contributed by atoms with Crippen LogP contribution in [0.4, 0.5) is 4.39 Å². The van der Waals surface area contributed by atoms with Gasteiger partial charge in [-0.15, -0.1) is 10.2 Å². The second kappa shape index (κ2) is 12.4. The Bertz CT molecular complexity index is 1610. The molecule has 0 saturated heterocycles. The van der Waals surface area contributed by atoms with Crippen molar-refractivity contribution in [2.75, 3.05) is 14.2 Å². The fraction of sp³-hybridized carbons (Fsp3) is 0.414. The molecule has 226 valence electrons. The molecule has 0 radical (unpaired) electrons. The summed E-state index contributed by atoms with van der Waals surface area (Å²) in [5.74, 6) is 1.64. The molecule has 0 aliphatic carbocycles. The van der Waals surface area contributed by atoms with E-state index in [4.69, 9.17) is 13.9 Å². The molecule has 0 amide bonds. The van der Waals surface area contributed by atoms with Gasteiger partial charge in [0.1, 0.15) is 40.1 Å². The number of nitrogens with zero attached hydrogens (tertiary/aromatic N) is 4. The second-order valence-electron chi connectivity index (χ2n) is 11.4. The molecule has 42 heavy (non-hydrogen) atoms. The second-order valence-corrected chi connectivity index (χ2v) is 19.5. The molecule has 0 saturated carbocycles. The van der Waals surface area contributed by atoms with Gasteiger partial charge in [0.15, 0.2) is 21.4 Å². The summed E-state index contributed by atoms with van der Waals surface area (Å²) in [4.78, 5) is 3.93. The Labute approximate surface area is 246 Å². The summed E-state index contributed by atoms with van der Waals surface area (Å²) in [6.45, 7) is 9.68. The number of aromatic nitrogens is 4. The average Bonchev–Trinajstić information content (AvgIpc) is 3.57. The van der Waals surface area contributed by atoms with Crippen molar-refractivity contribution in [3.63, 3.8) is 0 Å². The summed E-state index contributed by atoms with van der Waals surface area (Å²) >= 11 is 0. The van der Waals surface area contributed by atoms with Crippen molar-refractivity contribution in [1.82, 2.24) is 19.7 Å². The lowest BCUT2D eigenvalue weighted by Gasteiger charge is -2.27. The molecule has 0 aliphatic heterocycles. The molecule has 0 fully saturated rings. The lowest BCUT2D eigenvalue weighted by atomic mass is 10.2. The highest BCUT2D eigenvalue weighted by Crippen LogP contribution is 2.42. The van der Waals surface area contributed by atoms with E-state index in [2.05, 4.69) is 34.8 Å². The number of aliphatic hydroxyl groups excluding tert-OH is 1. The molecule has 1 N–H and O–H groups in total. The van der Waals surface area contributed by atoms with E-state index < -0.39 is 40.3 Å². The molecular formula is C29H37FN4O6SSi. The number of pyridine rings is 1. The van der Waals surface area contributed by atoms with Gasteiger partial charge in [-0.3, -0.25) is 9.55 Å². The summed E-state index contributed by atoms with van der Waals surface area (Å²) in [7, 11) is -2.91. The number of hydrogen-bond donors (Lipinski definition) is 1. The van der Waals surface area contributed by atoms with Crippen LogP contribution in [0.25, 0.3) is 17.3 Å². The summed E-state index contributed by atoms with van der Waals surface area (Å²) in [5.41, 5.74) is 0.462. The first kappa shape index (κ1) is 31.4. The quantitative estimate of drug-likeness (QED) is 0.199. The highest BCUT2D eigenvalue weighted by atomic mass is 32.2. The van der Waals surface area contributed by atoms with Gasteiger partial charge in [-0.1, -0.05) is 31.8 Å². The third kappa shape index (κ3) is 6.42. The number of halogens is 1. The van der Waals surface area contributed by atoms with Gasteiger partial charge in [0.25, 0.3) is 0 Å². The highest BCUT2D eigenvalue weighted by molar-refractivity contribution is 7.92. The Morgan fingerprint density at radius 3 is 2.24 bits per heavy atom. The zero-order valence-corrected chi connectivity index (χ0v) is 26.6. The summed E-state index contributed by atoms with van der Waals surface area (Å²) in [5, 5.41) is 17.5. The van der Waals surface area contributed by atoms with Crippen LogP contribution in [-0.2, 0) is 9.84 Å². The molecule has 1 aromatic carbocycles. The molecule has 3 heterocycles.